The molecule has 0 fully saturated rings. The average Bonchev–Trinajstić information content (AvgIpc) is 2.29. The molecule has 0 saturated carbocycles. The van der Waals surface area contributed by atoms with E-state index in [0.717, 1.165) is 12.0 Å². The van der Waals surface area contributed by atoms with Crippen LogP contribution in [0.15, 0.2) is 12.1 Å². The van der Waals surface area contributed by atoms with Gasteiger partial charge in [0.15, 0.2) is 5.78 Å². The van der Waals surface area contributed by atoms with Crippen LogP contribution in [0.1, 0.15) is 28.8 Å². The lowest BCUT2D eigenvalue weighted by atomic mass is 10.0. The van der Waals surface area contributed by atoms with Crippen molar-refractivity contribution in [1.82, 2.24) is 0 Å². The summed E-state index contributed by atoms with van der Waals surface area (Å²) in [4.78, 5) is 11.7. The summed E-state index contributed by atoms with van der Waals surface area (Å²) in [6.45, 7) is 2.53. The first-order valence-electron chi connectivity index (χ1n) is 4.74. The van der Waals surface area contributed by atoms with Crippen molar-refractivity contribution in [1.29, 1.82) is 0 Å². The topological polar surface area (TPSA) is 52.3 Å². The Bertz CT molecular complexity index is 385. The summed E-state index contributed by atoms with van der Waals surface area (Å²) in [5.41, 5.74) is 7.89. The quantitative estimate of drug-likeness (QED) is 0.637. The fourth-order valence-electron chi connectivity index (χ4n) is 1.74. The smallest absolute Gasteiger partial charge is 0.166 e. The second-order valence-corrected chi connectivity index (χ2v) is 3.59. The van der Waals surface area contributed by atoms with Gasteiger partial charge in [-0.05, 0) is 31.0 Å². The van der Waals surface area contributed by atoms with Crippen molar-refractivity contribution >= 4 is 11.5 Å². The lowest BCUT2D eigenvalue weighted by Crippen LogP contribution is -2.01. The Balaban J connectivity index is 2.58. The zero-order valence-corrected chi connectivity index (χ0v) is 8.17. The molecule has 1 aromatic rings. The third-order valence-corrected chi connectivity index (χ3v) is 2.39. The number of Topliss-reactive ketones (excluding diaryl/α,β-unsaturated/α-hetero) is 1. The Hall–Kier alpha value is -1.51. The van der Waals surface area contributed by atoms with Gasteiger partial charge in [-0.25, -0.2) is 0 Å². The van der Waals surface area contributed by atoms with Gasteiger partial charge in [0.1, 0.15) is 5.75 Å². The normalized spacial score (nSPS) is 15.6. The number of hydrogen-bond acceptors (Lipinski definition) is 3. The highest BCUT2D eigenvalue weighted by Gasteiger charge is 2.18. The van der Waals surface area contributed by atoms with Crippen molar-refractivity contribution in [3.8, 4) is 5.75 Å². The van der Waals surface area contributed by atoms with E-state index in [4.69, 9.17) is 10.5 Å². The van der Waals surface area contributed by atoms with Crippen LogP contribution in [0, 0.1) is 6.92 Å². The molecule has 0 amide bonds. The molecule has 0 spiro atoms. The standard InChI is InChI=1S/C11H13NO2/c1-7-5-8(12)6-9-10(13)3-2-4-14-11(7)9/h5-6H,2-4,12H2,1H3. The van der Waals surface area contributed by atoms with Crippen molar-refractivity contribution in [3.05, 3.63) is 23.3 Å². The number of rotatable bonds is 0. The molecule has 0 radical (unpaired) electrons. The van der Waals surface area contributed by atoms with E-state index in [1.54, 1.807) is 6.07 Å². The SMILES string of the molecule is Cc1cc(N)cc2c1OCCCC2=O. The summed E-state index contributed by atoms with van der Waals surface area (Å²) in [5.74, 6) is 0.842. The fraction of sp³-hybridized carbons (Fsp3) is 0.364. The highest BCUT2D eigenvalue weighted by Crippen LogP contribution is 2.30. The van der Waals surface area contributed by atoms with Crippen LogP contribution in [0.3, 0.4) is 0 Å². The Morgan fingerprint density at radius 1 is 1.43 bits per heavy atom. The molecular weight excluding hydrogens is 178 g/mol. The molecule has 0 aliphatic carbocycles. The number of benzene rings is 1. The number of ketones is 1. The number of ether oxygens (including phenoxy) is 1. The molecule has 2 rings (SSSR count). The van der Waals surface area contributed by atoms with E-state index in [1.807, 2.05) is 13.0 Å². The van der Waals surface area contributed by atoms with E-state index in [0.29, 0.717) is 30.0 Å². The van der Waals surface area contributed by atoms with Crippen molar-refractivity contribution < 1.29 is 9.53 Å². The predicted molar refractivity (Wildman–Crippen MR) is 54.7 cm³/mol. The number of fused-ring (bicyclic) bond motifs is 1. The second-order valence-electron chi connectivity index (χ2n) is 3.59. The molecule has 14 heavy (non-hydrogen) atoms. The first-order valence-corrected chi connectivity index (χ1v) is 4.74. The minimum absolute atomic E-state index is 0.132. The van der Waals surface area contributed by atoms with Crippen molar-refractivity contribution in [2.45, 2.75) is 19.8 Å². The third-order valence-electron chi connectivity index (χ3n) is 2.39. The lowest BCUT2D eigenvalue weighted by Gasteiger charge is -2.10. The Labute approximate surface area is 82.9 Å². The van der Waals surface area contributed by atoms with E-state index in [9.17, 15) is 4.79 Å². The molecule has 1 aromatic carbocycles. The van der Waals surface area contributed by atoms with E-state index in [2.05, 4.69) is 0 Å². The van der Waals surface area contributed by atoms with Crippen LogP contribution in [0.2, 0.25) is 0 Å². The van der Waals surface area contributed by atoms with Gasteiger partial charge in [-0.3, -0.25) is 4.79 Å². The van der Waals surface area contributed by atoms with Gasteiger partial charge in [0.25, 0.3) is 0 Å². The Morgan fingerprint density at radius 2 is 2.21 bits per heavy atom. The van der Waals surface area contributed by atoms with Crippen molar-refractivity contribution in [3.63, 3.8) is 0 Å². The minimum atomic E-state index is 0.132. The molecule has 3 nitrogen and oxygen atoms in total. The fourth-order valence-corrected chi connectivity index (χ4v) is 1.74. The third kappa shape index (κ3) is 1.45. The number of nitrogen functional groups attached to an aromatic ring is 1. The van der Waals surface area contributed by atoms with E-state index >= 15 is 0 Å². The van der Waals surface area contributed by atoms with Crippen molar-refractivity contribution in [2.75, 3.05) is 12.3 Å². The van der Waals surface area contributed by atoms with Crippen molar-refractivity contribution in [2.24, 2.45) is 0 Å². The summed E-state index contributed by atoms with van der Waals surface area (Å²) in [7, 11) is 0. The summed E-state index contributed by atoms with van der Waals surface area (Å²) < 4.78 is 5.53. The Kier molecular flexibility index (Phi) is 2.15. The molecule has 1 aliphatic heterocycles. The van der Waals surface area contributed by atoms with E-state index in [-0.39, 0.29) is 5.78 Å². The molecule has 0 bridgehead atoms. The largest absolute Gasteiger partial charge is 0.493 e. The molecule has 1 heterocycles. The number of carbonyl (C=O) groups excluding carboxylic acids is 1. The number of nitrogens with two attached hydrogens (primary N) is 1. The maximum absolute atomic E-state index is 11.7. The van der Waals surface area contributed by atoms with Crippen LogP contribution in [0.25, 0.3) is 0 Å². The van der Waals surface area contributed by atoms with Gasteiger partial charge in [-0.15, -0.1) is 0 Å². The zero-order chi connectivity index (χ0) is 10.1. The monoisotopic (exact) mass is 191 g/mol. The van der Waals surface area contributed by atoms with Gasteiger partial charge in [0.05, 0.1) is 12.2 Å². The van der Waals surface area contributed by atoms with Gasteiger partial charge in [0.2, 0.25) is 0 Å². The van der Waals surface area contributed by atoms with Crippen LogP contribution >= 0.6 is 0 Å². The number of hydrogen-bond donors (Lipinski definition) is 1. The second kappa shape index (κ2) is 3.33. The summed E-state index contributed by atoms with van der Waals surface area (Å²) >= 11 is 0. The molecule has 0 unspecified atom stereocenters. The predicted octanol–water partition coefficient (Wildman–Crippen LogP) is 1.93. The van der Waals surface area contributed by atoms with Crippen LogP contribution in [0.4, 0.5) is 5.69 Å². The van der Waals surface area contributed by atoms with Crippen LogP contribution < -0.4 is 10.5 Å². The maximum atomic E-state index is 11.7. The average molecular weight is 191 g/mol. The molecule has 0 aromatic heterocycles. The van der Waals surface area contributed by atoms with E-state index < -0.39 is 0 Å². The van der Waals surface area contributed by atoms with Gasteiger partial charge >= 0.3 is 0 Å². The summed E-state index contributed by atoms with van der Waals surface area (Å²) in [5, 5.41) is 0. The molecule has 74 valence electrons. The van der Waals surface area contributed by atoms with Gasteiger partial charge in [0, 0.05) is 12.1 Å². The molecular formula is C11H13NO2. The van der Waals surface area contributed by atoms with Crippen LogP contribution in [0.5, 0.6) is 5.75 Å². The summed E-state index contributed by atoms with van der Waals surface area (Å²) in [6.07, 6.45) is 1.34. The van der Waals surface area contributed by atoms with Gasteiger partial charge in [-0.2, -0.15) is 0 Å². The highest BCUT2D eigenvalue weighted by atomic mass is 16.5. The molecule has 2 N–H and O–H groups in total. The van der Waals surface area contributed by atoms with Gasteiger partial charge in [-0.1, -0.05) is 0 Å². The molecule has 3 heteroatoms. The summed E-state index contributed by atoms with van der Waals surface area (Å²) in [6, 6.07) is 3.54. The first kappa shape index (κ1) is 9.06. The number of aryl methyl sites for hydroxylation is 1. The number of anilines is 1. The van der Waals surface area contributed by atoms with E-state index in [1.165, 1.54) is 0 Å². The maximum Gasteiger partial charge on any atom is 0.166 e. The first-order chi connectivity index (χ1) is 6.68. The Morgan fingerprint density at radius 3 is 3.00 bits per heavy atom. The lowest BCUT2D eigenvalue weighted by molar-refractivity contribution is 0.0983. The van der Waals surface area contributed by atoms with Crippen LogP contribution in [-0.2, 0) is 0 Å². The molecule has 0 atom stereocenters. The zero-order valence-electron chi connectivity index (χ0n) is 8.17. The minimum Gasteiger partial charge on any atom is -0.493 e. The van der Waals surface area contributed by atoms with Gasteiger partial charge < -0.3 is 10.5 Å². The number of carbonyl (C=O) groups is 1. The molecule has 1 aliphatic rings. The van der Waals surface area contributed by atoms with Crippen LogP contribution in [-0.4, -0.2) is 12.4 Å². The molecule has 0 saturated heterocycles. The highest BCUT2D eigenvalue weighted by molar-refractivity contribution is 6.00.